The Bertz CT molecular complexity index is 195. The van der Waals surface area contributed by atoms with Gasteiger partial charge in [-0.3, -0.25) is 4.90 Å². The highest BCUT2D eigenvalue weighted by Gasteiger charge is 2.25. The monoisotopic (exact) mass is 228 g/mol. The first-order valence-corrected chi connectivity index (χ1v) is 6.30. The van der Waals surface area contributed by atoms with Crippen LogP contribution in [0.5, 0.6) is 0 Å². The summed E-state index contributed by atoms with van der Waals surface area (Å²) in [4.78, 5) is 7.22. The molecule has 1 heterocycles. The van der Waals surface area contributed by atoms with Crippen molar-refractivity contribution < 1.29 is 0 Å². The molecule has 2 atom stereocenters. The van der Waals surface area contributed by atoms with Gasteiger partial charge in [0.15, 0.2) is 0 Å². The molecule has 0 aromatic carbocycles. The third-order valence-electron chi connectivity index (χ3n) is 3.31. The van der Waals surface area contributed by atoms with Gasteiger partial charge < -0.3 is 15.5 Å². The summed E-state index contributed by atoms with van der Waals surface area (Å²) < 4.78 is 0. The molecular formula is C12H28N4. The van der Waals surface area contributed by atoms with Crippen molar-refractivity contribution in [1.29, 1.82) is 0 Å². The van der Waals surface area contributed by atoms with Crippen LogP contribution < -0.4 is 5.73 Å². The molecule has 0 amide bonds. The predicted molar refractivity (Wildman–Crippen MR) is 69.6 cm³/mol. The van der Waals surface area contributed by atoms with E-state index in [9.17, 15) is 0 Å². The molecule has 0 bridgehead atoms. The van der Waals surface area contributed by atoms with Gasteiger partial charge in [0.2, 0.25) is 0 Å². The van der Waals surface area contributed by atoms with Crippen LogP contribution in [0.3, 0.4) is 0 Å². The quantitative estimate of drug-likeness (QED) is 0.720. The summed E-state index contributed by atoms with van der Waals surface area (Å²) in [5.41, 5.74) is 5.90. The normalized spacial score (nSPS) is 29.6. The average Bonchev–Trinajstić information content (AvgIpc) is 2.33. The molecule has 16 heavy (non-hydrogen) atoms. The van der Waals surface area contributed by atoms with Gasteiger partial charge in [-0.2, -0.15) is 0 Å². The molecule has 96 valence electrons. The van der Waals surface area contributed by atoms with Gasteiger partial charge in [-0.1, -0.05) is 6.92 Å². The van der Waals surface area contributed by atoms with Crippen LogP contribution in [0.25, 0.3) is 0 Å². The summed E-state index contributed by atoms with van der Waals surface area (Å²) in [6.07, 6.45) is 0. The molecule has 0 aromatic rings. The second-order valence-electron chi connectivity index (χ2n) is 5.51. The molecule has 2 unspecified atom stereocenters. The molecular weight excluding hydrogens is 200 g/mol. The highest BCUT2D eigenvalue weighted by molar-refractivity contribution is 4.82. The number of hydrogen-bond acceptors (Lipinski definition) is 4. The average molecular weight is 228 g/mol. The Morgan fingerprint density at radius 2 is 1.94 bits per heavy atom. The predicted octanol–water partition coefficient (Wildman–Crippen LogP) is -0.241. The molecule has 1 fully saturated rings. The van der Waals surface area contributed by atoms with Crippen molar-refractivity contribution in [2.75, 3.05) is 60.4 Å². The molecule has 1 rings (SSSR count). The smallest absolute Gasteiger partial charge is 0.0346 e. The Morgan fingerprint density at radius 1 is 1.25 bits per heavy atom. The fraction of sp³-hybridized carbons (Fsp3) is 1.00. The van der Waals surface area contributed by atoms with Crippen molar-refractivity contribution in [3.8, 4) is 0 Å². The van der Waals surface area contributed by atoms with Crippen LogP contribution >= 0.6 is 0 Å². The van der Waals surface area contributed by atoms with Gasteiger partial charge in [-0.25, -0.2) is 0 Å². The molecule has 0 aliphatic carbocycles. The van der Waals surface area contributed by atoms with E-state index in [0.717, 1.165) is 32.1 Å². The Labute approximate surface area is 100 Å². The van der Waals surface area contributed by atoms with E-state index in [4.69, 9.17) is 5.73 Å². The van der Waals surface area contributed by atoms with E-state index in [1.165, 1.54) is 13.1 Å². The lowest BCUT2D eigenvalue weighted by molar-refractivity contribution is 0.171. The minimum Gasteiger partial charge on any atom is -0.329 e. The van der Waals surface area contributed by atoms with Gasteiger partial charge >= 0.3 is 0 Å². The van der Waals surface area contributed by atoms with Gasteiger partial charge in [0, 0.05) is 45.3 Å². The molecule has 4 nitrogen and oxygen atoms in total. The number of likely N-dealkylation sites (N-methyl/N-ethyl adjacent to an activating group) is 2. The minimum absolute atomic E-state index is 0.523. The largest absolute Gasteiger partial charge is 0.329 e. The highest BCUT2D eigenvalue weighted by Crippen LogP contribution is 2.12. The minimum atomic E-state index is 0.523. The van der Waals surface area contributed by atoms with Gasteiger partial charge in [-0.15, -0.1) is 0 Å². The first-order chi connectivity index (χ1) is 7.52. The summed E-state index contributed by atoms with van der Waals surface area (Å²) >= 11 is 0. The van der Waals surface area contributed by atoms with Crippen LogP contribution in [-0.4, -0.2) is 81.2 Å². The Balaban J connectivity index is 2.54. The van der Waals surface area contributed by atoms with Crippen molar-refractivity contribution in [2.24, 2.45) is 11.7 Å². The third kappa shape index (κ3) is 4.37. The van der Waals surface area contributed by atoms with E-state index < -0.39 is 0 Å². The van der Waals surface area contributed by atoms with Gasteiger partial charge in [-0.05, 0) is 27.1 Å². The summed E-state index contributed by atoms with van der Waals surface area (Å²) in [6, 6.07) is 0.523. The van der Waals surface area contributed by atoms with Gasteiger partial charge in [0.05, 0.1) is 0 Å². The van der Waals surface area contributed by atoms with Crippen LogP contribution in [0.2, 0.25) is 0 Å². The maximum Gasteiger partial charge on any atom is 0.0346 e. The Morgan fingerprint density at radius 3 is 2.50 bits per heavy atom. The maximum absolute atomic E-state index is 5.90. The summed E-state index contributed by atoms with van der Waals surface area (Å²) in [5, 5.41) is 0. The van der Waals surface area contributed by atoms with E-state index in [1.807, 2.05) is 0 Å². The van der Waals surface area contributed by atoms with Crippen LogP contribution in [-0.2, 0) is 0 Å². The molecule has 0 spiro atoms. The molecule has 0 aromatic heterocycles. The van der Waals surface area contributed by atoms with Crippen LogP contribution in [0.1, 0.15) is 6.92 Å². The first kappa shape index (κ1) is 13.9. The van der Waals surface area contributed by atoms with E-state index in [2.05, 4.69) is 42.8 Å². The zero-order chi connectivity index (χ0) is 12.1. The second-order valence-corrected chi connectivity index (χ2v) is 5.51. The number of rotatable bonds is 4. The summed E-state index contributed by atoms with van der Waals surface area (Å²) in [5.74, 6) is 0.740. The molecule has 1 aliphatic heterocycles. The number of nitrogens with two attached hydrogens (primary N) is 1. The Hall–Kier alpha value is -0.160. The topological polar surface area (TPSA) is 35.7 Å². The lowest BCUT2D eigenvalue weighted by atomic mass is 10.1. The first-order valence-electron chi connectivity index (χ1n) is 6.30. The third-order valence-corrected chi connectivity index (χ3v) is 3.31. The van der Waals surface area contributed by atoms with Crippen molar-refractivity contribution in [1.82, 2.24) is 14.7 Å². The lowest BCUT2D eigenvalue weighted by Crippen LogP contribution is -2.47. The lowest BCUT2D eigenvalue weighted by Gasteiger charge is -2.31. The fourth-order valence-corrected chi connectivity index (χ4v) is 2.51. The zero-order valence-corrected chi connectivity index (χ0v) is 11.3. The molecule has 0 saturated carbocycles. The van der Waals surface area contributed by atoms with Gasteiger partial charge in [0.25, 0.3) is 0 Å². The van der Waals surface area contributed by atoms with Crippen LogP contribution in [0, 0.1) is 5.92 Å². The summed E-state index contributed by atoms with van der Waals surface area (Å²) in [7, 11) is 6.46. The van der Waals surface area contributed by atoms with E-state index in [1.54, 1.807) is 0 Å². The van der Waals surface area contributed by atoms with Gasteiger partial charge in [0.1, 0.15) is 0 Å². The highest BCUT2D eigenvalue weighted by atomic mass is 15.3. The number of nitrogens with zero attached hydrogens (tertiary/aromatic N) is 3. The molecule has 0 radical (unpaired) electrons. The van der Waals surface area contributed by atoms with Crippen molar-refractivity contribution in [3.05, 3.63) is 0 Å². The zero-order valence-electron chi connectivity index (χ0n) is 11.3. The van der Waals surface area contributed by atoms with Crippen LogP contribution in [0.4, 0.5) is 0 Å². The van der Waals surface area contributed by atoms with E-state index in [-0.39, 0.29) is 0 Å². The van der Waals surface area contributed by atoms with Crippen molar-refractivity contribution in [3.63, 3.8) is 0 Å². The van der Waals surface area contributed by atoms with E-state index in [0.29, 0.717) is 6.04 Å². The maximum atomic E-state index is 5.90. The molecule has 1 saturated heterocycles. The Kier molecular flexibility index (Phi) is 5.69. The van der Waals surface area contributed by atoms with Crippen molar-refractivity contribution in [2.45, 2.75) is 13.0 Å². The standard InChI is InChI=1S/C12H28N4/c1-11-8-15(4)10-12(7-13)16(9-11)6-5-14(2)3/h11-12H,5-10,13H2,1-4H3. The second kappa shape index (κ2) is 6.55. The fourth-order valence-electron chi connectivity index (χ4n) is 2.51. The molecule has 2 N–H and O–H groups in total. The number of hydrogen-bond donors (Lipinski definition) is 1. The SMILES string of the molecule is CC1CN(C)CC(CN)N(CCN(C)C)C1. The molecule has 1 aliphatic rings. The molecule has 4 heteroatoms. The van der Waals surface area contributed by atoms with Crippen LogP contribution in [0.15, 0.2) is 0 Å². The van der Waals surface area contributed by atoms with Crippen molar-refractivity contribution >= 4 is 0 Å². The van der Waals surface area contributed by atoms with E-state index >= 15 is 0 Å². The summed E-state index contributed by atoms with van der Waals surface area (Å²) in [6.45, 7) is 8.83.